The Hall–Kier alpha value is -0.900. The highest BCUT2D eigenvalue weighted by atomic mass is 15.4. The summed E-state index contributed by atoms with van der Waals surface area (Å²) in [5.41, 5.74) is 0. The molecule has 2 rings (SSSR count). The monoisotopic (exact) mass is 194 g/mol. The summed E-state index contributed by atoms with van der Waals surface area (Å²) < 4.78 is 2.00. The highest BCUT2D eigenvalue weighted by Crippen LogP contribution is 2.20. The van der Waals surface area contributed by atoms with Crippen LogP contribution in [0.3, 0.4) is 0 Å². The molecule has 78 valence electrons. The van der Waals surface area contributed by atoms with Crippen molar-refractivity contribution in [1.82, 2.24) is 19.9 Å². The van der Waals surface area contributed by atoms with Gasteiger partial charge < -0.3 is 4.90 Å². The third-order valence-corrected chi connectivity index (χ3v) is 2.91. The van der Waals surface area contributed by atoms with Gasteiger partial charge in [-0.1, -0.05) is 12.1 Å². The zero-order valence-electron chi connectivity index (χ0n) is 8.76. The second kappa shape index (κ2) is 4.55. The Balaban J connectivity index is 1.84. The first-order valence-corrected chi connectivity index (χ1v) is 5.48. The lowest BCUT2D eigenvalue weighted by atomic mass is 10.1. The molecule has 1 aromatic heterocycles. The van der Waals surface area contributed by atoms with Gasteiger partial charge in [-0.2, -0.15) is 0 Å². The number of piperidine rings is 1. The van der Waals surface area contributed by atoms with Crippen molar-refractivity contribution in [3.63, 3.8) is 0 Å². The molecule has 0 bridgehead atoms. The summed E-state index contributed by atoms with van der Waals surface area (Å²) in [5, 5.41) is 7.91. The van der Waals surface area contributed by atoms with E-state index < -0.39 is 0 Å². The predicted octanol–water partition coefficient (Wildman–Crippen LogP) is 1.32. The van der Waals surface area contributed by atoms with Gasteiger partial charge in [0.2, 0.25) is 0 Å². The van der Waals surface area contributed by atoms with E-state index in [1.807, 2.05) is 10.9 Å². The first-order valence-electron chi connectivity index (χ1n) is 5.48. The quantitative estimate of drug-likeness (QED) is 0.728. The SMILES string of the molecule is CCCN1CCC(n2ccnn2)CC1. The molecule has 0 saturated carbocycles. The first kappa shape index (κ1) is 9.65. The maximum atomic E-state index is 4.06. The zero-order chi connectivity index (χ0) is 9.80. The van der Waals surface area contributed by atoms with Gasteiger partial charge >= 0.3 is 0 Å². The van der Waals surface area contributed by atoms with Gasteiger partial charge in [-0.25, -0.2) is 4.68 Å². The Morgan fingerprint density at radius 1 is 1.36 bits per heavy atom. The topological polar surface area (TPSA) is 34.0 Å². The van der Waals surface area contributed by atoms with Gasteiger partial charge in [-0.15, -0.1) is 5.10 Å². The van der Waals surface area contributed by atoms with Gasteiger partial charge in [-0.05, 0) is 25.8 Å². The van der Waals surface area contributed by atoms with Crippen LogP contribution in [0, 0.1) is 0 Å². The molecule has 0 radical (unpaired) electrons. The second-order valence-corrected chi connectivity index (χ2v) is 3.96. The Morgan fingerprint density at radius 2 is 2.14 bits per heavy atom. The van der Waals surface area contributed by atoms with Gasteiger partial charge in [0, 0.05) is 19.3 Å². The van der Waals surface area contributed by atoms with Crippen LogP contribution in [0.5, 0.6) is 0 Å². The van der Waals surface area contributed by atoms with E-state index in [9.17, 15) is 0 Å². The molecule has 0 aliphatic carbocycles. The average molecular weight is 194 g/mol. The molecule has 2 heterocycles. The van der Waals surface area contributed by atoms with Crippen molar-refractivity contribution >= 4 is 0 Å². The average Bonchev–Trinajstić information content (AvgIpc) is 2.72. The molecule has 1 aromatic rings. The minimum Gasteiger partial charge on any atom is -0.303 e. The highest BCUT2D eigenvalue weighted by molar-refractivity contribution is 4.78. The Labute approximate surface area is 84.9 Å². The number of hydrogen-bond donors (Lipinski definition) is 0. The Bertz CT molecular complexity index is 249. The van der Waals surface area contributed by atoms with E-state index in [1.54, 1.807) is 6.20 Å². The molecule has 1 fully saturated rings. The molecular weight excluding hydrogens is 176 g/mol. The van der Waals surface area contributed by atoms with Gasteiger partial charge in [0.25, 0.3) is 0 Å². The van der Waals surface area contributed by atoms with Crippen LogP contribution in [0.15, 0.2) is 12.4 Å². The summed E-state index contributed by atoms with van der Waals surface area (Å²) in [6.07, 6.45) is 7.42. The molecule has 14 heavy (non-hydrogen) atoms. The van der Waals surface area contributed by atoms with Crippen LogP contribution < -0.4 is 0 Å². The number of likely N-dealkylation sites (tertiary alicyclic amines) is 1. The molecule has 1 aliphatic rings. The molecule has 4 heteroatoms. The lowest BCUT2D eigenvalue weighted by molar-refractivity contribution is 0.179. The summed E-state index contributed by atoms with van der Waals surface area (Å²) in [6.45, 7) is 5.89. The predicted molar refractivity (Wildman–Crippen MR) is 55.0 cm³/mol. The van der Waals surface area contributed by atoms with Crippen molar-refractivity contribution in [1.29, 1.82) is 0 Å². The summed E-state index contributed by atoms with van der Waals surface area (Å²) >= 11 is 0. The van der Waals surface area contributed by atoms with E-state index in [-0.39, 0.29) is 0 Å². The van der Waals surface area contributed by atoms with Crippen molar-refractivity contribution < 1.29 is 0 Å². The van der Waals surface area contributed by atoms with Crippen LogP contribution in [0.25, 0.3) is 0 Å². The van der Waals surface area contributed by atoms with Crippen molar-refractivity contribution in [3.8, 4) is 0 Å². The summed E-state index contributed by atoms with van der Waals surface area (Å²) in [5.74, 6) is 0. The maximum absolute atomic E-state index is 4.06. The Kier molecular flexibility index (Phi) is 3.14. The van der Waals surface area contributed by atoms with Crippen LogP contribution in [0.4, 0.5) is 0 Å². The van der Waals surface area contributed by atoms with E-state index in [2.05, 4.69) is 22.1 Å². The minimum absolute atomic E-state index is 0.575. The van der Waals surface area contributed by atoms with E-state index in [1.165, 1.54) is 38.9 Å². The summed E-state index contributed by atoms with van der Waals surface area (Å²) in [7, 11) is 0. The molecule has 4 nitrogen and oxygen atoms in total. The molecule has 0 aromatic carbocycles. The maximum Gasteiger partial charge on any atom is 0.0693 e. The highest BCUT2D eigenvalue weighted by Gasteiger charge is 2.19. The number of nitrogens with zero attached hydrogens (tertiary/aromatic N) is 4. The summed E-state index contributed by atoms with van der Waals surface area (Å²) in [6, 6.07) is 0.575. The lowest BCUT2D eigenvalue weighted by Gasteiger charge is -2.31. The summed E-state index contributed by atoms with van der Waals surface area (Å²) in [4.78, 5) is 2.54. The number of hydrogen-bond acceptors (Lipinski definition) is 3. The van der Waals surface area contributed by atoms with E-state index in [0.717, 1.165) is 0 Å². The third-order valence-electron chi connectivity index (χ3n) is 2.91. The molecule has 1 saturated heterocycles. The molecule has 0 spiro atoms. The molecule has 0 N–H and O–H groups in total. The molecule has 0 amide bonds. The molecular formula is C10H18N4. The van der Waals surface area contributed by atoms with Gasteiger partial charge in [0.15, 0.2) is 0 Å². The molecule has 0 atom stereocenters. The number of rotatable bonds is 3. The van der Waals surface area contributed by atoms with Crippen LogP contribution in [-0.2, 0) is 0 Å². The third kappa shape index (κ3) is 2.12. The van der Waals surface area contributed by atoms with Gasteiger partial charge in [0.1, 0.15) is 0 Å². The van der Waals surface area contributed by atoms with Crippen LogP contribution in [0.1, 0.15) is 32.2 Å². The van der Waals surface area contributed by atoms with Crippen molar-refractivity contribution in [3.05, 3.63) is 12.4 Å². The lowest BCUT2D eigenvalue weighted by Crippen LogP contribution is -2.35. The smallest absolute Gasteiger partial charge is 0.0693 e. The fraction of sp³-hybridized carbons (Fsp3) is 0.800. The fourth-order valence-electron chi connectivity index (χ4n) is 2.14. The first-order chi connectivity index (χ1) is 6.90. The van der Waals surface area contributed by atoms with E-state index >= 15 is 0 Å². The van der Waals surface area contributed by atoms with Crippen LogP contribution >= 0.6 is 0 Å². The minimum atomic E-state index is 0.575. The second-order valence-electron chi connectivity index (χ2n) is 3.96. The zero-order valence-corrected chi connectivity index (χ0v) is 8.76. The number of aromatic nitrogens is 3. The van der Waals surface area contributed by atoms with Crippen LogP contribution in [-0.4, -0.2) is 39.5 Å². The van der Waals surface area contributed by atoms with Crippen molar-refractivity contribution in [2.45, 2.75) is 32.2 Å². The van der Waals surface area contributed by atoms with Crippen LogP contribution in [0.2, 0.25) is 0 Å². The van der Waals surface area contributed by atoms with E-state index in [4.69, 9.17) is 0 Å². The Morgan fingerprint density at radius 3 is 2.71 bits per heavy atom. The van der Waals surface area contributed by atoms with Gasteiger partial charge in [0.05, 0.1) is 12.2 Å². The molecule has 0 unspecified atom stereocenters. The van der Waals surface area contributed by atoms with E-state index in [0.29, 0.717) is 6.04 Å². The molecule has 1 aliphatic heterocycles. The van der Waals surface area contributed by atoms with Crippen molar-refractivity contribution in [2.75, 3.05) is 19.6 Å². The van der Waals surface area contributed by atoms with Crippen molar-refractivity contribution in [2.24, 2.45) is 0 Å². The normalized spacial score (nSPS) is 20.1. The standard InChI is InChI=1S/C10H18N4/c1-2-6-13-7-3-10(4-8-13)14-9-5-11-12-14/h5,9-10H,2-4,6-8H2,1H3. The van der Waals surface area contributed by atoms with Gasteiger partial charge in [-0.3, -0.25) is 0 Å². The largest absolute Gasteiger partial charge is 0.303 e. The fourth-order valence-corrected chi connectivity index (χ4v) is 2.14.